The fourth-order valence-corrected chi connectivity index (χ4v) is 1.25. The second-order valence-corrected chi connectivity index (χ2v) is 3.78. The van der Waals surface area contributed by atoms with Gasteiger partial charge in [-0.1, -0.05) is 12.1 Å². The van der Waals surface area contributed by atoms with E-state index in [1.165, 1.54) is 6.08 Å². The van der Waals surface area contributed by atoms with E-state index in [1.54, 1.807) is 30.3 Å². The van der Waals surface area contributed by atoms with E-state index in [0.29, 0.717) is 5.69 Å². The summed E-state index contributed by atoms with van der Waals surface area (Å²) in [5.41, 5.74) is 6.99. The molecule has 0 saturated heterocycles. The summed E-state index contributed by atoms with van der Waals surface area (Å²) in [5, 5.41) is 11.6. The Labute approximate surface area is 110 Å². The molecule has 1 amide bonds. The maximum atomic E-state index is 11.4. The number of benzene rings is 1. The molecule has 0 heterocycles. The standard InChI is InChI=1S/C13H16N2O4/c1-19-13(18)11(16)8-15-12(17)7-4-9-2-5-10(14)6-3-9/h2-7,11,16H,8,14H2,1H3,(H,15,17)/b7-4+. The number of hydrogen-bond donors (Lipinski definition) is 3. The lowest BCUT2D eigenvalue weighted by atomic mass is 10.2. The highest BCUT2D eigenvalue weighted by Crippen LogP contribution is 2.06. The summed E-state index contributed by atoms with van der Waals surface area (Å²) in [6.45, 7) is -0.197. The van der Waals surface area contributed by atoms with Crippen LogP contribution in [0.25, 0.3) is 6.08 Å². The summed E-state index contributed by atoms with van der Waals surface area (Å²) in [5.74, 6) is -1.21. The third kappa shape index (κ3) is 5.22. The van der Waals surface area contributed by atoms with Gasteiger partial charge in [0.15, 0.2) is 6.10 Å². The number of carbonyl (C=O) groups excluding carboxylic acids is 2. The maximum absolute atomic E-state index is 11.4. The van der Waals surface area contributed by atoms with Gasteiger partial charge in [-0.3, -0.25) is 4.79 Å². The highest BCUT2D eigenvalue weighted by atomic mass is 16.5. The normalized spacial score (nSPS) is 12.1. The molecule has 0 bridgehead atoms. The first-order chi connectivity index (χ1) is 9.02. The topological polar surface area (TPSA) is 102 Å². The zero-order chi connectivity index (χ0) is 14.3. The van der Waals surface area contributed by atoms with E-state index in [2.05, 4.69) is 10.1 Å². The average Bonchev–Trinajstić information content (AvgIpc) is 2.43. The molecule has 0 aliphatic carbocycles. The van der Waals surface area contributed by atoms with E-state index < -0.39 is 18.0 Å². The Morgan fingerprint density at radius 2 is 2.05 bits per heavy atom. The summed E-state index contributed by atoms with van der Waals surface area (Å²) >= 11 is 0. The van der Waals surface area contributed by atoms with Crippen molar-refractivity contribution in [3.05, 3.63) is 35.9 Å². The SMILES string of the molecule is COC(=O)C(O)CNC(=O)/C=C/c1ccc(N)cc1. The van der Waals surface area contributed by atoms with Crippen LogP contribution < -0.4 is 11.1 Å². The summed E-state index contributed by atoms with van der Waals surface area (Å²) in [6.07, 6.45) is 1.54. The van der Waals surface area contributed by atoms with Gasteiger partial charge in [0.25, 0.3) is 0 Å². The van der Waals surface area contributed by atoms with Gasteiger partial charge in [-0.25, -0.2) is 4.79 Å². The number of amides is 1. The number of esters is 1. The molecule has 0 saturated carbocycles. The van der Waals surface area contributed by atoms with Crippen molar-refractivity contribution in [2.75, 3.05) is 19.4 Å². The van der Waals surface area contributed by atoms with Crippen molar-refractivity contribution in [1.82, 2.24) is 5.32 Å². The monoisotopic (exact) mass is 264 g/mol. The highest BCUT2D eigenvalue weighted by molar-refractivity contribution is 5.92. The van der Waals surface area contributed by atoms with Crippen LogP contribution in [0.3, 0.4) is 0 Å². The van der Waals surface area contributed by atoms with Gasteiger partial charge in [-0.15, -0.1) is 0 Å². The number of nitrogen functional groups attached to an aromatic ring is 1. The zero-order valence-electron chi connectivity index (χ0n) is 10.5. The zero-order valence-corrected chi connectivity index (χ0v) is 10.5. The quantitative estimate of drug-likeness (QED) is 0.392. The van der Waals surface area contributed by atoms with Crippen molar-refractivity contribution in [3.63, 3.8) is 0 Å². The predicted octanol–water partition coefficient (Wildman–Crippen LogP) is -0.0679. The first kappa shape index (κ1) is 14.7. The van der Waals surface area contributed by atoms with Crippen molar-refractivity contribution >= 4 is 23.6 Å². The van der Waals surface area contributed by atoms with E-state index >= 15 is 0 Å². The molecule has 0 aromatic heterocycles. The molecule has 102 valence electrons. The van der Waals surface area contributed by atoms with Crippen LogP contribution >= 0.6 is 0 Å². The van der Waals surface area contributed by atoms with E-state index in [-0.39, 0.29) is 6.54 Å². The third-order valence-corrected chi connectivity index (χ3v) is 2.31. The van der Waals surface area contributed by atoms with Gasteiger partial charge in [0, 0.05) is 11.8 Å². The van der Waals surface area contributed by atoms with Crippen LogP contribution in [0.4, 0.5) is 5.69 Å². The van der Waals surface area contributed by atoms with Crippen molar-refractivity contribution in [3.8, 4) is 0 Å². The first-order valence-electron chi connectivity index (χ1n) is 5.60. The molecule has 1 aromatic carbocycles. The third-order valence-electron chi connectivity index (χ3n) is 2.31. The average molecular weight is 264 g/mol. The number of aliphatic hydroxyl groups is 1. The molecule has 0 radical (unpaired) electrons. The van der Waals surface area contributed by atoms with Gasteiger partial charge in [-0.05, 0) is 23.8 Å². The van der Waals surface area contributed by atoms with Crippen molar-refractivity contribution < 1.29 is 19.4 Å². The minimum Gasteiger partial charge on any atom is -0.467 e. The highest BCUT2D eigenvalue weighted by Gasteiger charge is 2.15. The lowest BCUT2D eigenvalue weighted by Crippen LogP contribution is -2.36. The van der Waals surface area contributed by atoms with Gasteiger partial charge >= 0.3 is 5.97 Å². The number of methoxy groups -OCH3 is 1. The van der Waals surface area contributed by atoms with E-state index in [1.807, 2.05) is 0 Å². The Kier molecular flexibility index (Phi) is 5.56. The summed E-state index contributed by atoms with van der Waals surface area (Å²) < 4.78 is 4.31. The van der Waals surface area contributed by atoms with Gasteiger partial charge < -0.3 is 20.9 Å². The molecular formula is C13H16N2O4. The van der Waals surface area contributed by atoms with Crippen LogP contribution in [0.5, 0.6) is 0 Å². The number of rotatable bonds is 5. The summed E-state index contributed by atoms with van der Waals surface area (Å²) in [7, 11) is 1.16. The van der Waals surface area contributed by atoms with Gasteiger partial charge in [0.2, 0.25) is 5.91 Å². The molecule has 4 N–H and O–H groups in total. The Balaban J connectivity index is 2.43. The maximum Gasteiger partial charge on any atom is 0.336 e. The number of aliphatic hydroxyl groups excluding tert-OH is 1. The van der Waals surface area contributed by atoms with Gasteiger partial charge in [0.1, 0.15) is 0 Å². The van der Waals surface area contributed by atoms with Crippen LogP contribution in [-0.4, -0.2) is 36.7 Å². The molecule has 0 aliphatic rings. The molecule has 1 unspecified atom stereocenters. The fourth-order valence-electron chi connectivity index (χ4n) is 1.25. The van der Waals surface area contributed by atoms with Crippen LogP contribution in [0.15, 0.2) is 30.3 Å². The summed E-state index contributed by atoms with van der Waals surface area (Å²) in [6, 6.07) is 6.97. The van der Waals surface area contributed by atoms with E-state index in [4.69, 9.17) is 5.73 Å². The molecule has 0 fully saturated rings. The first-order valence-corrected chi connectivity index (χ1v) is 5.60. The van der Waals surface area contributed by atoms with Gasteiger partial charge in [-0.2, -0.15) is 0 Å². The van der Waals surface area contributed by atoms with Crippen LogP contribution in [0, 0.1) is 0 Å². The summed E-state index contributed by atoms with van der Waals surface area (Å²) in [4.78, 5) is 22.3. The molecule has 19 heavy (non-hydrogen) atoms. The van der Waals surface area contributed by atoms with Crippen LogP contribution in [0.1, 0.15) is 5.56 Å². The molecule has 1 rings (SSSR count). The lowest BCUT2D eigenvalue weighted by molar-refractivity contribution is -0.150. The fraction of sp³-hybridized carbons (Fsp3) is 0.231. The van der Waals surface area contributed by atoms with Crippen LogP contribution in [0.2, 0.25) is 0 Å². The number of hydrogen-bond acceptors (Lipinski definition) is 5. The number of ether oxygens (including phenoxy) is 1. The second kappa shape index (κ2) is 7.17. The molecule has 6 heteroatoms. The molecule has 6 nitrogen and oxygen atoms in total. The smallest absolute Gasteiger partial charge is 0.336 e. The minimum atomic E-state index is -1.36. The van der Waals surface area contributed by atoms with Crippen molar-refractivity contribution in [2.45, 2.75) is 6.10 Å². The Morgan fingerprint density at radius 1 is 1.42 bits per heavy atom. The van der Waals surface area contributed by atoms with E-state index in [0.717, 1.165) is 12.7 Å². The number of nitrogens with one attached hydrogen (secondary N) is 1. The number of nitrogens with two attached hydrogens (primary N) is 1. The predicted molar refractivity (Wildman–Crippen MR) is 70.9 cm³/mol. The molecule has 0 aliphatic heterocycles. The molecule has 1 aromatic rings. The van der Waals surface area contributed by atoms with Crippen LogP contribution in [-0.2, 0) is 14.3 Å². The Morgan fingerprint density at radius 3 is 2.63 bits per heavy atom. The second-order valence-electron chi connectivity index (χ2n) is 3.78. The Hall–Kier alpha value is -2.34. The minimum absolute atomic E-state index is 0.197. The lowest BCUT2D eigenvalue weighted by Gasteiger charge is -2.07. The molecule has 0 spiro atoms. The van der Waals surface area contributed by atoms with Gasteiger partial charge in [0.05, 0.1) is 13.7 Å². The Bertz CT molecular complexity index is 468. The number of anilines is 1. The largest absolute Gasteiger partial charge is 0.467 e. The van der Waals surface area contributed by atoms with Crippen molar-refractivity contribution in [1.29, 1.82) is 0 Å². The molecule has 1 atom stereocenters. The van der Waals surface area contributed by atoms with Crippen molar-refractivity contribution in [2.24, 2.45) is 0 Å². The van der Waals surface area contributed by atoms with E-state index in [9.17, 15) is 14.7 Å². The number of carbonyl (C=O) groups is 2. The molecular weight excluding hydrogens is 248 g/mol.